The van der Waals surface area contributed by atoms with Gasteiger partial charge in [0.15, 0.2) is 0 Å². The van der Waals surface area contributed by atoms with E-state index in [2.05, 4.69) is 36.9 Å². The Morgan fingerprint density at radius 2 is 2.00 bits per heavy atom. The largest absolute Gasteiger partial charge is 0.354 e. The van der Waals surface area contributed by atoms with E-state index in [9.17, 15) is 0 Å². The van der Waals surface area contributed by atoms with Gasteiger partial charge in [-0.25, -0.2) is 0 Å². The first-order chi connectivity index (χ1) is 5.83. The maximum absolute atomic E-state index is 2.28. The summed E-state index contributed by atoms with van der Waals surface area (Å²) in [6, 6.07) is 2.17. The van der Waals surface area contributed by atoms with Crippen LogP contribution in [0.25, 0.3) is 0 Å². The number of aromatic nitrogens is 1. The Labute approximate surface area is 87.6 Å². The van der Waals surface area contributed by atoms with E-state index in [1.807, 2.05) is 0 Å². The molecule has 0 fully saturated rings. The number of rotatable bonds is 5. The summed E-state index contributed by atoms with van der Waals surface area (Å²) in [6.45, 7) is 5.58. The lowest BCUT2D eigenvalue weighted by molar-refractivity contribution is 0.584. The molecule has 0 aromatic carbocycles. The number of unbranched alkanes of at least 4 members (excludes halogenated alkanes) is 3. The number of hydrogen-bond acceptors (Lipinski definition) is 0. The van der Waals surface area contributed by atoms with Crippen LogP contribution in [0.4, 0.5) is 0 Å². The molecule has 1 aromatic rings. The van der Waals surface area contributed by atoms with Gasteiger partial charge in [0, 0.05) is 18.9 Å². The third-order valence-electron chi connectivity index (χ3n) is 2.17. The van der Waals surface area contributed by atoms with E-state index in [-0.39, 0.29) is 12.4 Å². The van der Waals surface area contributed by atoms with Crippen molar-refractivity contribution >= 4 is 12.4 Å². The van der Waals surface area contributed by atoms with Gasteiger partial charge in [-0.1, -0.05) is 26.2 Å². The third-order valence-corrected chi connectivity index (χ3v) is 2.17. The summed E-state index contributed by atoms with van der Waals surface area (Å²) >= 11 is 0. The van der Waals surface area contributed by atoms with Crippen LogP contribution < -0.4 is 0 Å². The van der Waals surface area contributed by atoms with E-state index in [1.165, 1.54) is 37.8 Å². The SMILES string of the molecule is CCCCCCn1ccc(C)c1.Cl. The molecule has 1 heterocycles. The van der Waals surface area contributed by atoms with Crippen molar-refractivity contribution in [2.75, 3.05) is 0 Å². The highest BCUT2D eigenvalue weighted by atomic mass is 35.5. The summed E-state index contributed by atoms with van der Waals surface area (Å²) in [5.41, 5.74) is 1.37. The molecule has 1 nitrogen and oxygen atoms in total. The number of hydrogen-bond donors (Lipinski definition) is 0. The van der Waals surface area contributed by atoms with Crippen LogP contribution in [0.5, 0.6) is 0 Å². The number of halogens is 1. The molecule has 0 unspecified atom stereocenters. The fourth-order valence-corrected chi connectivity index (χ4v) is 1.42. The topological polar surface area (TPSA) is 4.93 Å². The van der Waals surface area contributed by atoms with Gasteiger partial charge in [-0.2, -0.15) is 0 Å². The van der Waals surface area contributed by atoms with Crippen LogP contribution in [-0.2, 0) is 6.54 Å². The molecular weight excluding hydrogens is 182 g/mol. The molecule has 0 bridgehead atoms. The van der Waals surface area contributed by atoms with Gasteiger partial charge in [0.05, 0.1) is 0 Å². The minimum Gasteiger partial charge on any atom is -0.354 e. The fraction of sp³-hybridized carbons (Fsp3) is 0.636. The number of nitrogens with zero attached hydrogens (tertiary/aromatic N) is 1. The van der Waals surface area contributed by atoms with E-state index >= 15 is 0 Å². The Kier molecular flexibility index (Phi) is 6.79. The van der Waals surface area contributed by atoms with E-state index in [0.29, 0.717) is 0 Å². The average Bonchev–Trinajstić information content (AvgIpc) is 2.45. The summed E-state index contributed by atoms with van der Waals surface area (Å²) in [4.78, 5) is 0. The molecule has 1 rings (SSSR count). The maximum atomic E-state index is 2.28. The van der Waals surface area contributed by atoms with Crippen LogP contribution in [0.3, 0.4) is 0 Å². The first-order valence-corrected chi connectivity index (χ1v) is 4.95. The van der Waals surface area contributed by atoms with Gasteiger partial charge in [-0.05, 0) is 25.0 Å². The molecule has 0 atom stereocenters. The van der Waals surface area contributed by atoms with Crippen LogP contribution in [0, 0.1) is 6.92 Å². The molecule has 76 valence electrons. The van der Waals surface area contributed by atoms with Crippen molar-refractivity contribution < 1.29 is 0 Å². The van der Waals surface area contributed by atoms with Gasteiger partial charge < -0.3 is 4.57 Å². The lowest BCUT2D eigenvalue weighted by Crippen LogP contribution is -1.93. The van der Waals surface area contributed by atoms with Crippen molar-refractivity contribution in [2.45, 2.75) is 46.1 Å². The predicted molar refractivity (Wildman–Crippen MR) is 60.6 cm³/mol. The van der Waals surface area contributed by atoms with E-state index in [4.69, 9.17) is 0 Å². The summed E-state index contributed by atoms with van der Waals surface area (Å²) in [7, 11) is 0. The zero-order valence-corrected chi connectivity index (χ0v) is 9.44. The Hall–Kier alpha value is -0.430. The van der Waals surface area contributed by atoms with Crippen molar-refractivity contribution in [3.63, 3.8) is 0 Å². The zero-order chi connectivity index (χ0) is 8.81. The molecule has 0 spiro atoms. The lowest BCUT2D eigenvalue weighted by atomic mass is 10.2. The smallest absolute Gasteiger partial charge is 0.0219 e. The predicted octanol–water partition coefficient (Wildman–Crippen LogP) is 3.80. The first-order valence-electron chi connectivity index (χ1n) is 4.95. The lowest BCUT2D eigenvalue weighted by Gasteiger charge is -2.01. The molecule has 1 aromatic heterocycles. The van der Waals surface area contributed by atoms with Gasteiger partial charge >= 0.3 is 0 Å². The van der Waals surface area contributed by atoms with Crippen LogP contribution in [-0.4, -0.2) is 4.57 Å². The van der Waals surface area contributed by atoms with Crippen LogP contribution in [0.1, 0.15) is 38.2 Å². The minimum atomic E-state index is 0. The zero-order valence-electron chi connectivity index (χ0n) is 8.62. The standard InChI is InChI=1S/C11H19N.ClH/c1-3-4-5-6-8-12-9-7-11(2)10-12;/h7,9-10H,3-6,8H2,1-2H3;1H. The molecule has 0 radical (unpaired) electrons. The van der Waals surface area contributed by atoms with Crippen LogP contribution in [0.15, 0.2) is 18.5 Å². The molecule has 13 heavy (non-hydrogen) atoms. The highest BCUT2D eigenvalue weighted by Gasteiger charge is 1.91. The molecule has 0 N–H and O–H groups in total. The average molecular weight is 202 g/mol. The van der Waals surface area contributed by atoms with Crippen molar-refractivity contribution in [1.82, 2.24) is 4.57 Å². The Bertz CT molecular complexity index is 218. The van der Waals surface area contributed by atoms with Gasteiger partial charge in [0.25, 0.3) is 0 Å². The summed E-state index contributed by atoms with van der Waals surface area (Å²) in [5, 5.41) is 0. The second-order valence-corrected chi connectivity index (χ2v) is 3.49. The second kappa shape index (κ2) is 7.02. The molecule has 0 saturated heterocycles. The van der Waals surface area contributed by atoms with Crippen LogP contribution in [0.2, 0.25) is 0 Å². The van der Waals surface area contributed by atoms with E-state index in [0.717, 1.165) is 0 Å². The van der Waals surface area contributed by atoms with E-state index in [1.54, 1.807) is 0 Å². The highest BCUT2D eigenvalue weighted by Crippen LogP contribution is 2.04. The summed E-state index contributed by atoms with van der Waals surface area (Å²) < 4.78 is 2.28. The van der Waals surface area contributed by atoms with E-state index < -0.39 is 0 Å². The quantitative estimate of drug-likeness (QED) is 0.639. The third kappa shape index (κ3) is 4.99. The van der Waals surface area contributed by atoms with Gasteiger partial charge in [-0.15, -0.1) is 12.4 Å². The Morgan fingerprint density at radius 3 is 2.54 bits per heavy atom. The molecule has 2 heteroatoms. The molecule has 0 aliphatic carbocycles. The second-order valence-electron chi connectivity index (χ2n) is 3.49. The molecule has 0 aliphatic rings. The maximum Gasteiger partial charge on any atom is 0.0219 e. The van der Waals surface area contributed by atoms with Gasteiger partial charge in [-0.3, -0.25) is 0 Å². The molecular formula is C11H20ClN. The van der Waals surface area contributed by atoms with Gasteiger partial charge in [0.1, 0.15) is 0 Å². The highest BCUT2D eigenvalue weighted by molar-refractivity contribution is 5.85. The Morgan fingerprint density at radius 1 is 1.23 bits per heavy atom. The molecule has 0 saturated carbocycles. The Balaban J connectivity index is 0.00000144. The van der Waals surface area contributed by atoms with Crippen LogP contribution >= 0.6 is 12.4 Å². The first kappa shape index (κ1) is 12.6. The van der Waals surface area contributed by atoms with Crippen molar-refractivity contribution in [2.24, 2.45) is 0 Å². The molecule has 0 amide bonds. The van der Waals surface area contributed by atoms with Crippen molar-refractivity contribution in [3.8, 4) is 0 Å². The summed E-state index contributed by atoms with van der Waals surface area (Å²) in [5.74, 6) is 0. The normalized spacial score (nSPS) is 9.69. The number of aryl methyl sites for hydroxylation is 2. The fourth-order valence-electron chi connectivity index (χ4n) is 1.42. The van der Waals surface area contributed by atoms with Gasteiger partial charge in [0.2, 0.25) is 0 Å². The van der Waals surface area contributed by atoms with Crippen molar-refractivity contribution in [3.05, 3.63) is 24.0 Å². The summed E-state index contributed by atoms with van der Waals surface area (Å²) in [6.07, 6.45) is 9.77. The monoisotopic (exact) mass is 201 g/mol. The van der Waals surface area contributed by atoms with Crippen molar-refractivity contribution in [1.29, 1.82) is 0 Å². The molecule has 0 aliphatic heterocycles. The minimum absolute atomic E-state index is 0.